The van der Waals surface area contributed by atoms with E-state index < -0.39 is 22.9 Å². The van der Waals surface area contributed by atoms with Crippen LogP contribution in [0.1, 0.15) is 11.6 Å². The maximum absolute atomic E-state index is 13.2. The Kier molecular flexibility index (Phi) is 6.82. The highest BCUT2D eigenvalue weighted by Crippen LogP contribution is 2.29. The smallest absolute Gasteiger partial charge is 0.320 e. The SMILES string of the molecule is COc1ccc([N+](=O)[O-])cc1NC(=O)NC(C(=O)Nc1ccc2ncccc2c1)c1ccccc1. The van der Waals surface area contributed by atoms with Gasteiger partial charge in [-0.25, -0.2) is 4.79 Å². The van der Waals surface area contributed by atoms with E-state index in [1.165, 1.54) is 25.3 Å². The van der Waals surface area contributed by atoms with E-state index in [2.05, 4.69) is 20.9 Å². The number of hydrogen-bond donors (Lipinski definition) is 3. The van der Waals surface area contributed by atoms with Crippen LogP contribution in [0.4, 0.5) is 21.9 Å². The number of nitrogens with zero attached hydrogens (tertiary/aromatic N) is 2. The number of fused-ring (bicyclic) bond motifs is 1. The summed E-state index contributed by atoms with van der Waals surface area (Å²) in [6, 6.07) is 19.7. The number of ether oxygens (including phenoxy) is 1. The first-order chi connectivity index (χ1) is 16.9. The van der Waals surface area contributed by atoms with Crippen molar-refractivity contribution in [1.82, 2.24) is 10.3 Å². The van der Waals surface area contributed by atoms with Crippen LogP contribution in [0.15, 0.2) is 85.1 Å². The van der Waals surface area contributed by atoms with Gasteiger partial charge in [-0.15, -0.1) is 0 Å². The van der Waals surface area contributed by atoms with E-state index in [0.717, 1.165) is 10.9 Å². The van der Waals surface area contributed by atoms with Crippen LogP contribution in [-0.4, -0.2) is 29.0 Å². The molecule has 1 heterocycles. The van der Waals surface area contributed by atoms with Crippen LogP contribution in [0.3, 0.4) is 0 Å². The van der Waals surface area contributed by atoms with Crippen molar-refractivity contribution in [3.63, 3.8) is 0 Å². The quantitative estimate of drug-likeness (QED) is 0.265. The molecule has 0 spiro atoms. The third-order valence-electron chi connectivity index (χ3n) is 5.18. The summed E-state index contributed by atoms with van der Waals surface area (Å²) in [7, 11) is 1.38. The average Bonchev–Trinajstić information content (AvgIpc) is 2.87. The Labute approximate surface area is 200 Å². The highest BCUT2D eigenvalue weighted by atomic mass is 16.6. The summed E-state index contributed by atoms with van der Waals surface area (Å²) in [6.07, 6.45) is 1.69. The lowest BCUT2D eigenvalue weighted by atomic mass is 10.1. The lowest BCUT2D eigenvalue weighted by molar-refractivity contribution is -0.384. The second-order valence-corrected chi connectivity index (χ2v) is 7.48. The molecule has 35 heavy (non-hydrogen) atoms. The van der Waals surface area contributed by atoms with Crippen LogP contribution in [0.5, 0.6) is 5.75 Å². The Morgan fingerprint density at radius 3 is 2.51 bits per heavy atom. The topological polar surface area (TPSA) is 135 Å². The van der Waals surface area contributed by atoms with E-state index in [9.17, 15) is 19.7 Å². The summed E-state index contributed by atoms with van der Waals surface area (Å²) < 4.78 is 5.18. The number of carbonyl (C=O) groups excluding carboxylic acids is 2. The van der Waals surface area contributed by atoms with Crippen LogP contribution in [0.2, 0.25) is 0 Å². The second kappa shape index (κ2) is 10.3. The summed E-state index contributed by atoms with van der Waals surface area (Å²) in [5.74, 6) is -0.239. The van der Waals surface area contributed by atoms with Gasteiger partial charge in [0.2, 0.25) is 0 Å². The third-order valence-corrected chi connectivity index (χ3v) is 5.18. The molecule has 0 saturated carbocycles. The molecule has 0 fully saturated rings. The van der Waals surface area contributed by atoms with Gasteiger partial charge in [0.1, 0.15) is 11.8 Å². The number of benzene rings is 3. The largest absolute Gasteiger partial charge is 0.495 e. The minimum Gasteiger partial charge on any atom is -0.495 e. The fourth-order valence-corrected chi connectivity index (χ4v) is 3.51. The van der Waals surface area contributed by atoms with Gasteiger partial charge in [0.05, 0.1) is 23.2 Å². The number of rotatable bonds is 7. The van der Waals surface area contributed by atoms with Gasteiger partial charge in [-0.1, -0.05) is 36.4 Å². The molecule has 0 aliphatic carbocycles. The van der Waals surface area contributed by atoms with E-state index in [-0.39, 0.29) is 17.1 Å². The second-order valence-electron chi connectivity index (χ2n) is 7.48. The number of nitrogens with one attached hydrogen (secondary N) is 3. The lowest BCUT2D eigenvalue weighted by Gasteiger charge is -2.20. The maximum atomic E-state index is 13.2. The molecule has 3 amide bonds. The van der Waals surface area contributed by atoms with E-state index in [4.69, 9.17) is 4.74 Å². The molecule has 3 N–H and O–H groups in total. The number of pyridine rings is 1. The fraction of sp³-hybridized carbons (Fsp3) is 0.0800. The summed E-state index contributed by atoms with van der Waals surface area (Å²) in [5.41, 5.74) is 1.75. The molecule has 10 heteroatoms. The van der Waals surface area contributed by atoms with E-state index in [1.54, 1.807) is 60.8 Å². The number of nitro benzene ring substituents is 1. The van der Waals surface area contributed by atoms with Gasteiger partial charge in [0, 0.05) is 29.4 Å². The fourth-order valence-electron chi connectivity index (χ4n) is 3.51. The average molecular weight is 471 g/mol. The Hall–Kier alpha value is -4.99. The standard InChI is InChI=1S/C25H21N5O5/c1-35-22-12-10-19(30(33)34)15-21(22)28-25(32)29-23(16-6-3-2-4-7-16)24(31)27-18-9-11-20-17(14-18)8-5-13-26-20/h2-15,23H,1H3,(H,27,31)(H2,28,29,32). The van der Waals surface area contributed by atoms with Crippen molar-refractivity contribution in [2.75, 3.05) is 17.7 Å². The summed E-state index contributed by atoms with van der Waals surface area (Å²) in [4.78, 5) is 40.9. The number of urea groups is 1. The minimum atomic E-state index is -1.05. The molecular formula is C25H21N5O5. The molecule has 1 unspecified atom stereocenters. The number of nitro groups is 1. The summed E-state index contributed by atoms with van der Waals surface area (Å²) in [6.45, 7) is 0. The van der Waals surface area contributed by atoms with Crippen molar-refractivity contribution in [3.8, 4) is 5.75 Å². The monoisotopic (exact) mass is 471 g/mol. The molecule has 0 aliphatic rings. The molecule has 3 aromatic carbocycles. The third kappa shape index (κ3) is 5.50. The zero-order valence-corrected chi connectivity index (χ0v) is 18.6. The highest BCUT2D eigenvalue weighted by molar-refractivity contribution is 6.01. The number of aromatic nitrogens is 1. The molecule has 0 radical (unpaired) electrons. The Bertz CT molecular complexity index is 1390. The van der Waals surface area contributed by atoms with Crippen LogP contribution in [-0.2, 0) is 4.79 Å². The summed E-state index contributed by atoms with van der Waals surface area (Å²) >= 11 is 0. The van der Waals surface area contributed by atoms with Crippen molar-refractivity contribution < 1.29 is 19.2 Å². The normalized spacial score (nSPS) is 11.3. The number of methoxy groups -OCH3 is 1. The Balaban J connectivity index is 1.56. The van der Waals surface area contributed by atoms with Crippen LogP contribution < -0.4 is 20.7 Å². The van der Waals surface area contributed by atoms with Crippen molar-refractivity contribution in [3.05, 3.63) is 101 Å². The first-order valence-corrected chi connectivity index (χ1v) is 10.5. The van der Waals surface area contributed by atoms with Crippen molar-refractivity contribution in [1.29, 1.82) is 0 Å². The van der Waals surface area contributed by atoms with Gasteiger partial charge >= 0.3 is 6.03 Å². The summed E-state index contributed by atoms with van der Waals surface area (Å²) in [5, 5.41) is 20.0. The first-order valence-electron chi connectivity index (χ1n) is 10.5. The Morgan fingerprint density at radius 1 is 0.971 bits per heavy atom. The predicted octanol–water partition coefficient (Wildman–Crippen LogP) is 4.65. The van der Waals surface area contributed by atoms with Gasteiger partial charge in [-0.3, -0.25) is 19.9 Å². The minimum absolute atomic E-state index is 0.0912. The van der Waals surface area contributed by atoms with Crippen molar-refractivity contribution in [2.24, 2.45) is 0 Å². The molecule has 4 rings (SSSR count). The number of non-ortho nitro benzene ring substituents is 1. The molecule has 4 aromatic rings. The number of hydrogen-bond acceptors (Lipinski definition) is 6. The maximum Gasteiger partial charge on any atom is 0.320 e. The van der Waals surface area contributed by atoms with Gasteiger partial charge < -0.3 is 20.7 Å². The Morgan fingerprint density at radius 2 is 1.77 bits per heavy atom. The van der Waals surface area contributed by atoms with Crippen LogP contribution >= 0.6 is 0 Å². The van der Waals surface area contributed by atoms with E-state index in [1.807, 2.05) is 6.07 Å². The van der Waals surface area contributed by atoms with Crippen molar-refractivity contribution >= 4 is 39.9 Å². The molecule has 1 aromatic heterocycles. The number of carbonyl (C=O) groups is 2. The molecule has 0 saturated heterocycles. The predicted molar refractivity (Wildman–Crippen MR) is 131 cm³/mol. The molecule has 0 aliphatic heterocycles. The number of anilines is 2. The first kappa shape index (κ1) is 23.2. The van der Waals surface area contributed by atoms with Gasteiger partial charge in [-0.05, 0) is 35.9 Å². The van der Waals surface area contributed by atoms with Gasteiger partial charge in [0.15, 0.2) is 0 Å². The zero-order valence-electron chi connectivity index (χ0n) is 18.6. The molecular weight excluding hydrogens is 450 g/mol. The van der Waals surface area contributed by atoms with Crippen LogP contribution in [0, 0.1) is 10.1 Å². The van der Waals surface area contributed by atoms with Gasteiger partial charge in [0.25, 0.3) is 11.6 Å². The molecule has 0 bridgehead atoms. The van der Waals surface area contributed by atoms with E-state index >= 15 is 0 Å². The van der Waals surface area contributed by atoms with Gasteiger partial charge in [-0.2, -0.15) is 0 Å². The molecule has 1 atom stereocenters. The zero-order chi connectivity index (χ0) is 24.8. The van der Waals surface area contributed by atoms with E-state index in [0.29, 0.717) is 11.3 Å². The molecule has 176 valence electrons. The van der Waals surface area contributed by atoms with Crippen molar-refractivity contribution in [2.45, 2.75) is 6.04 Å². The van der Waals surface area contributed by atoms with Crippen LogP contribution in [0.25, 0.3) is 10.9 Å². The lowest BCUT2D eigenvalue weighted by Crippen LogP contribution is -2.39. The number of amides is 3. The molecule has 10 nitrogen and oxygen atoms in total. The highest BCUT2D eigenvalue weighted by Gasteiger charge is 2.24.